The van der Waals surface area contributed by atoms with E-state index in [4.69, 9.17) is 10.5 Å². The van der Waals surface area contributed by atoms with Crippen LogP contribution in [-0.2, 0) is 4.79 Å². The number of ether oxygens (including phenoxy) is 1. The maximum Gasteiger partial charge on any atom is 0.225 e. The van der Waals surface area contributed by atoms with E-state index in [-0.39, 0.29) is 5.91 Å². The Balaban J connectivity index is 1.70. The first kappa shape index (κ1) is 15.3. The Morgan fingerprint density at radius 3 is 2.81 bits per heavy atom. The number of hydrogen-bond donors (Lipinski definition) is 2. The molecule has 2 rings (SSSR count). The quantitative estimate of drug-likeness (QED) is 0.619. The van der Waals surface area contributed by atoms with Crippen molar-refractivity contribution in [2.75, 3.05) is 17.7 Å². The summed E-state index contributed by atoms with van der Waals surface area (Å²) in [5.41, 5.74) is 6.36. The molecule has 110 valence electrons. The van der Waals surface area contributed by atoms with Crippen LogP contribution < -0.4 is 15.8 Å². The monoisotopic (exact) mass is 349 g/mol. The van der Waals surface area contributed by atoms with Crippen molar-refractivity contribution in [3.63, 3.8) is 0 Å². The molecule has 5 nitrogen and oxygen atoms in total. The highest BCUT2D eigenvalue weighted by Gasteiger charge is 2.04. The Labute approximate surface area is 131 Å². The number of nitrogens with two attached hydrogens (primary N) is 1. The number of hydrogen-bond acceptors (Lipinski definition) is 4. The molecule has 0 aliphatic carbocycles. The summed E-state index contributed by atoms with van der Waals surface area (Å²) in [6.45, 7) is 0.440. The van der Waals surface area contributed by atoms with Crippen LogP contribution in [0.4, 0.5) is 11.5 Å². The molecule has 0 aliphatic rings. The first-order valence-electron chi connectivity index (χ1n) is 6.54. The van der Waals surface area contributed by atoms with E-state index in [1.54, 1.807) is 24.4 Å². The minimum Gasteiger partial charge on any atom is -0.491 e. The number of amides is 1. The lowest BCUT2D eigenvalue weighted by molar-refractivity contribution is -0.116. The van der Waals surface area contributed by atoms with Crippen LogP contribution in [-0.4, -0.2) is 17.5 Å². The topological polar surface area (TPSA) is 77.2 Å². The summed E-state index contributed by atoms with van der Waals surface area (Å²) in [6, 6.07) is 10.9. The lowest BCUT2D eigenvalue weighted by Gasteiger charge is -2.08. The molecule has 1 amide bonds. The number of nitrogens with one attached hydrogen (secondary N) is 1. The summed E-state index contributed by atoms with van der Waals surface area (Å²) in [6.07, 6.45) is 2.61. The largest absolute Gasteiger partial charge is 0.491 e. The van der Waals surface area contributed by atoms with E-state index in [0.29, 0.717) is 36.7 Å². The molecule has 21 heavy (non-hydrogen) atoms. The molecule has 1 heterocycles. The molecule has 0 saturated carbocycles. The highest BCUT2D eigenvalue weighted by atomic mass is 79.9. The van der Waals surface area contributed by atoms with Gasteiger partial charge in [0.2, 0.25) is 5.91 Å². The fraction of sp³-hybridized carbons (Fsp3) is 0.200. The second kappa shape index (κ2) is 7.64. The minimum atomic E-state index is -0.0885. The highest BCUT2D eigenvalue weighted by Crippen LogP contribution is 2.19. The van der Waals surface area contributed by atoms with E-state index in [2.05, 4.69) is 26.2 Å². The van der Waals surface area contributed by atoms with E-state index in [1.807, 2.05) is 18.2 Å². The number of nitrogens with zero attached hydrogens (tertiary/aromatic N) is 1. The number of halogens is 1. The molecule has 0 radical (unpaired) electrons. The van der Waals surface area contributed by atoms with E-state index >= 15 is 0 Å². The van der Waals surface area contributed by atoms with Gasteiger partial charge in [-0.3, -0.25) is 4.79 Å². The number of carbonyl (C=O) groups is 1. The third kappa shape index (κ3) is 5.07. The van der Waals surface area contributed by atoms with E-state index in [9.17, 15) is 4.79 Å². The number of carbonyl (C=O) groups excluding carboxylic acids is 1. The molecule has 3 N–H and O–H groups in total. The van der Waals surface area contributed by atoms with E-state index < -0.39 is 0 Å². The first-order chi connectivity index (χ1) is 10.1. The van der Waals surface area contributed by atoms with Gasteiger partial charge in [0.15, 0.2) is 0 Å². The fourth-order valence-corrected chi connectivity index (χ4v) is 1.92. The van der Waals surface area contributed by atoms with Crippen molar-refractivity contribution in [1.82, 2.24) is 4.98 Å². The first-order valence-corrected chi connectivity index (χ1v) is 7.33. The van der Waals surface area contributed by atoms with Gasteiger partial charge in [0.1, 0.15) is 11.6 Å². The second-order valence-corrected chi connectivity index (χ2v) is 5.32. The second-order valence-electron chi connectivity index (χ2n) is 4.40. The average molecular weight is 350 g/mol. The van der Waals surface area contributed by atoms with Gasteiger partial charge in [-0.1, -0.05) is 12.1 Å². The summed E-state index contributed by atoms with van der Waals surface area (Å²) in [7, 11) is 0. The minimum absolute atomic E-state index is 0.0885. The number of aromatic nitrogens is 1. The third-order valence-corrected chi connectivity index (χ3v) is 3.19. The lowest BCUT2D eigenvalue weighted by Crippen LogP contribution is -2.13. The van der Waals surface area contributed by atoms with Crippen LogP contribution in [0.15, 0.2) is 47.1 Å². The molecule has 1 aromatic heterocycles. The molecular weight excluding hydrogens is 334 g/mol. The molecule has 0 spiro atoms. The number of nitrogen functional groups attached to an aromatic ring is 1. The SMILES string of the molecule is Nc1ccccc1OCCCC(=O)Nc1ccc(Br)cn1. The van der Waals surface area contributed by atoms with E-state index in [1.165, 1.54) is 0 Å². The van der Waals surface area contributed by atoms with Gasteiger partial charge in [0, 0.05) is 17.1 Å². The van der Waals surface area contributed by atoms with Gasteiger partial charge in [0.05, 0.1) is 12.3 Å². The molecular formula is C15H16BrN3O2. The maximum absolute atomic E-state index is 11.7. The predicted molar refractivity (Wildman–Crippen MR) is 86.2 cm³/mol. The molecule has 2 aromatic rings. The smallest absolute Gasteiger partial charge is 0.225 e. The van der Waals surface area contributed by atoms with Crippen LogP contribution >= 0.6 is 15.9 Å². The summed E-state index contributed by atoms with van der Waals surface area (Å²) >= 11 is 3.29. The van der Waals surface area contributed by atoms with Gasteiger partial charge >= 0.3 is 0 Å². The lowest BCUT2D eigenvalue weighted by atomic mass is 10.3. The van der Waals surface area contributed by atoms with Crippen LogP contribution in [0.5, 0.6) is 5.75 Å². The Hall–Kier alpha value is -2.08. The summed E-state index contributed by atoms with van der Waals surface area (Å²) in [5, 5.41) is 2.73. The Kier molecular flexibility index (Phi) is 5.57. The van der Waals surface area contributed by atoms with Crippen LogP contribution in [0.1, 0.15) is 12.8 Å². The number of rotatable bonds is 6. The standard InChI is InChI=1S/C15H16BrN3O2/c16-11-7-8-14(18-10-11)19-15(20)6-3-9-21-13-5-2-1-4-12(13)17/h1-2,4-5,7-8,10H,3,6,9,17H2,(H,18,19,20). The van der Waals surface area contributed by atoms with Crippen molar-refractivity contribution in [2.45, 2.75) is 12.8 Å². The zero-order valence-electron chi connectivity index (χ0n) is 11.4. The Morgan fingerprint density at radius 2 is 2.10 bits per heavy atom. The Morgan fingerprint density at radius 1 is 1.29 bits per heavy atom. The van der Waals surface area contributed by atoms with Crippen LogP contribution in [0.25, 0.3) is 0 Å². The van der Waals surface area contributed by atoms with Gasteiger partial charge in [0.25, 0.3) is 0 Å². The molecule has 1 aromatic carbocycles. The van der Waals surface area contributed by atoms with Gasteiger partial charge in [-0.25, -0.2) is 4.98 Å². The van der Waals surface area contributed by atoms with Crippen molar-refractivity contribution in [3.8, 4) is 5.75 Å². The number of anilines is 2. The normalized spacial score (nSPS) is 10.1. The van der Waals surface area contributed by atoms with Crippen molar-refractivity contribution >= 4 is 33.3 Å². The average Bonchev–Trinajstić information content (AvgIpc) is 2.48. The maximum atomic E-state index is 11.7. The number of pyridine rings is 1. The summed E-state index contributed by atoms with van der Waals surface area (Å²) in [4.78, 5) is 15.8. The van der Waals surface area contributed by atoms with E-state index in [0.717, 1.165) is 4.47 Å². The predicted octanol–water partition coefficient (Wildman–Crippen LogP) is 3.22. The van der Waals surface area contributed by atoms with Crippen LogP contribution in [0, 0.1) is 0 Å². The van der Waals surface area contributed by atoms with Crippen LogP contribution in [0.2, 0.25) is 0 Å². The third-order valence-electron chi connectivity index (χ3n) is 2.72. The van der Waals surface area contributed by atoms with Crippen molar-refractivity contribution < 1.29 is 9.53 Å². The molecule has 0 saturated heterocycles. The van der Waals surface area contributed by atoms with Gasteiger partial charge < -0.3 is 15.8 Å². The molecule has 0 unspecified atom stereocenters. The highest BCUT2D eigenvalue weighted by molar-refractivity contribution is 9.10. The number of benzene rings is 1. The Bertz CT molecular complexity index is 602. The van der Waals surface area contributed by atoms with Crippen molar-refractivity contribution in [1.29, 1.82) is 0 Å². The summed E-state index contributed by atoms with van der Waals surface area (Å²) < 4.78 is 6.40. The van der Waals surface area contributed by atoms with Gasteiger partial charge in [-0.2, -0.15) is 0 Å². The van der Waals surface area contributed by atoms with Crippen LogP contribution in [0.3, 0.4) is 0 Å². The molecule has 0 aliphatic heterocycles. The van der Waals surface area contributed by atoms with Crippen molar-refractivity contribution in [3.05, 3.63) is 47.1 Å². The number of para-hydroxylation sites is 2. The molecule has 6 heteroatoms. The fourth-order valence-electron chi connectivity index (χ4n) is 1.68. The van der Waals surface area contributed by atoms with Gasteiger partial charge in [-0.05, 0) is 46.6 Å². The molecule has 0 atom stereocenters. The molecule has 0 bridgehead atoms. The van der Waals surface area contributed by atoms with Crippen molar-refractivity contribution in [2.24, 2.45) is 0 Å². The zero-order valence-corrected chi connectivity index (χ0v) is 13.0. The van der Waals surface area contributed by atoms with Gasteiger partial charge in [-0.15, -0.1) is 0 Å². The molecule has 0 fully saturated rings. The zero-order chi connectivity index (χ0) is 15.1. The summed E-state index contributed by atoms with van der Waals surface area (Å²) in [5.74, 6) is 1.10.